The van der Waals surface area contributed by atoms with Gasteiger partial charge in [0.05, 0.1) is 6.54 Å². The average molecular weight is 344 g/mol. The predicted molar refractivity (Wildman–Crippen MR) is 96.6 cm³/mol. The second kappa shape index (κ2) is 7.06. The van der Waals surface area contributed by atoms with Crippen LogP contribution in [0.4, 0.5) is 4.79 Å². The van der Waals surface area contributed by atoms with E-state index < -0.39 is 5.60 Å². The Morgan fingerprint density at radius 3 is 2.36 bits per heavy atom. The normalized spacial score (nSPS) is 19.6. The van der Waals surface area contributed by atoms with Crippen LogP contribution in [0.5, 0.6) is 0 Å². The van der Waals surface area contributed by atoms with E-state index in [0.29, 0.717) is 44.9 Å². The topological polar surface area (TPSA) is 49.9 Å². The highest BCUT2D eigenvalue weighted by atomic mass is 16.6. The average Bonchev–Trinajstić information content (AvgIpc) is 2.90. The highest BCUT2D eigenvalue weighted by Crippen LogP contribution is 2.33. The van der Waals surface area contributed by atoms with E-state index >= 15 is 0 Å². The molecule has 0 N–H and O–H groups in total. The minimum Gasteiger partial charge on any atom is -0.441 e. The van der Waals surface area contributed by atoms with Crippen molar-refractivity contribution in [2.75, 3.05) is 26.2 Å². The van der Waals surface area contributed by atoms with Gasteiger partial charge in [-0.3, -0.25) is 4.79 Å². The molecular weight excluding hydrogens is 316 g/mol. The van der Waals surface area contributed by atoms with E-state index in [2.05, 4.69) is 26.0 Å². The Morgan fingerprint density at radius 2 is 1.84 bits per heavy atom. The first kappa shape index (κ1) is 17.8. The van der Waals surface area contributed by atoms with E-state index in [1.54, 1.807) is 4.90 Å². The van der Waals surface area contributed by atoms with Crippen LogP contribution in [0.25, 0.3) is 0 Å². The Hall–Kier alpha value is -2.04. The van der Waals surface area contributed by atoms with E-state index in [-0.39, 0.29) is 12.0 Å². The molecule has 0 radical (unpaired) electrons. The highest BCUT2D eigenvalue weighted by Gasteiger charge is 2.46. The number of amides is 2. The number of ether oxygens (including phenoxy) is 1. The lowest BCUT2D eigenvalue weighted by Gasteiger charge is -2.37. The summed E-state index contributed by atoms with van der Waals surface area (Å²) in [4.78, 5) is 28.2. The molecule has 0 aromatic heterocycles. The van der Waals surface area contributed by atoms with Gasteiger partial charge in [-0.2, -0.15) is 0 Å². The van der Waals surface area contributed by atoms with Gasteiger partial charge in [-0.1, -0.05) is 26.0 Å². The van der Waals surface area contributed by atoms with E-state index in [0.717, 1.165) is 12.0 Å². The zero-order valence-corrected chi connectivity index (χ0v) is 15.5. The van der Waals surface area contributed by atoms with Gasteiger partial charge in [0.15, 0.2) is 0 Å². The molecular formula is C20H28N2O3. The van der Waals surface area contributed by atoms with Crippen molar-refractivity contribution < 1.29 is 14.3 Å². The van der Waals surface area contributed by atoms with Crippen LogP contribution in [0.3, 0.4) is 0 Å². The second-order valence-corrected chi connectivity index (χ2v) is 7.65. The van der Waals surface area contributed by atoms with Gasteiger partial charge >= 0.3 is 6.09 Å². The molecule has 0 unspecified atom stereocenters. The van der Waals surface area contributed by atoms with Crippen molar-refractivity contribution in [2.45, 2.75) is 45.6 Å². The first-order valence-corrected chi connectivity index (χ1v) is 9.28. The summed E-state index contributed by atoms with van der Waals surface area (Å²) in [7, 11) is 0. The smallest absolute Gasteiger partial charge is 0.410 e. The molecule has 136 valence electrons. The first-order chi connectivity index (χ1) is 11.9. The Labute approximate surface area is 149 Å². The van der Waals surface area contributed by atoms with Crippen molar-refractivity contribution in [3.8, 4) is 0 Å². The third-order valence-corrected chi connectivity index (χ3v) is 5.23. The predicted octanol–water partition coefficient (Wildman–Crippen LogP) is 3.33. The largest absolute Gasteiger partial charge is 0.441 e. The number of hydrogen-bond donors (Lipinski definition) is 0. The summed E-state index contributed by atoms with van der Waals surface area (Å²) in [5, 5.41) is 0. The molecule has 2 aliphatic heterocycles. The van der Waals surface area contributed by atoms with Gasteiger partial charge in [0, 0.05) is 38.0 Å². The Kier molecular flexibility index (Phi) is 5.02. The number of carbonyl (C=O) groups excluding carboxylic acids is 2. The lowest BCUT2D eigenvalue weighted by atomic mass is 9.91. The van der Waals surface area contributed by atoms with E-state index in [9.17, 15) is 9.59 Å². The molecule has 0 aliphatic carbocycles. The van der Waals surface area contributed by atoms with Crippen molar-refractivity contribution in [3.05, 3.63) is 35.4 Å². The summed E-state index contributed by atoms with van der Waals surface area (Å²) in [5.41, 5.74) is 1.61. The fraction of sp³-hybridized carbons (Fsp3) is 0.600. The third kappa shape index (κ3) is 3.80. The number of likely N-dealkylation sites (tertiary alicyclic amines) is 1. The molecule has 1 spiro atoms. The molecule has 25 heavy (non-hydrogen) atoms. The summed E-state index contributed by atoms with van der Waals surface area (Å²) in [6.45, 7) is 8.94. The number of hydrogen-bond acceptors (Lipinski definition) is 3. The lowest BCUT2D eigenvalue weighted by Crippen LogP contribution is -2.48. The van der Waals surface area contributed by atoms with Gasteiger partial charge in [0.2, 0.25) is 0 Å². The Balaban J connectivity index is 1.59. The van der Waals surface area contributed by atoms with Crippen LogP contribution in [0.1, 0.15) is 49.5 Å². The monoisotopic (exact) mass is 344 g/mol. The fourth-order valence-corrected chi connectivity index (χ4v) is 3.75. The summed E-state index contributed by atoms with van der Waals surface area (Å²) in [6.07, 6.45) is 2.24. The SMILES string of the molecule is CCN1CC2(CCN(C(=O)c3ccc(CC(C)C)cc3)CC2)OC1=O. The molecule has 5 nitrogen and oxygen atoms in total. The molecule has 0 atom stereocenters. The van der Waals surface area contributed by atoms with Crippen molar-refractivity contribution in [1.82, 2.24) is 9.80 Å². The summed E-state index contributed by atoms with van der Waals surface area (Å²) in [6, 6.07) is 7.96. The van der Waals surface area contributed by atoms with Crippen LogP contribution in [0, 0.1) is 5.92 Å². The number of benzene rings is 1. The molecule has 2 aliphatic rings. The summed E-state index contributed by atoms with van der Waals surface area (Å²) in [5.74, 6) is 0.680. The minimum atomic E-state index is -0.398. The molecule has 5 heteroatoms. The molecule has 0 bridgehead atoms. The van der Waals surface area contributed by atoms with Crippen molar-refractivity contribution in [3.63, 3.8) is 0 Å². The molecule has 2 saturated heterocycles. The third-order valence-electron chi connectivity index (χ3n) is 5.23. The Bertz CT molecular complexity index is 631. The molecule has 1 aromatic carbocycles. The van der Waals surface area contributed by atoms with Gasteiger partial charge in [0.1, 0.15) is 5.60 Å². The van der Waals surface area contributed by atoms with E-state index in [1.807, 2.05) is 24.0 Å². The maximum absolute atomic E-state index is 12.7. The zero-order valence-electron chi connectivity index (χ0n) is 15.5. The number of carbonyl (C=O) groups is 2. The zero-order chi connectivity index (χ0) is 18.0. The molecule has 1 aromatic rings. The van der Waals surface area contributed by atoms with E-state index in [1.165, 1.54) is 5.56 Å². The molecule has 2 fully saturated rings. The Morgan fingerprint density at radius 1 is 1.20 bits per heavy atom. The molecule has 2 heterocycles. The highest BCUT2D eigenvalue weighted by molar-refractivity contribution is 5.94. The van der Waals surface area contributed by atoms with Crippen molar-refractivity contribution >= 4 is 12.0 Å². The quantitative estimate of drug-likeness (QED) is 0.842. The van der Waals surface area contributed by atoms with Gasteiger partial charge in [-0.05, 0) is 37.0 Å². The lowest BCUT2D eigenvalue weighted by molar-refractivity contribution is 0.00314. The van der Waals surface area contributed by atoms with Crippen molar-refractivity contribution in [2.24, 2.45) is 5.92 Å². The maximum atomic E-state index is 12.7. The molecule has 3 rings (SSSR count). The van der Waals surface area contributed by atoms with Crippen LogP contribution >= 0.6 is 0 Å². The number of likely N-dealkylation sites (N-methyl/N-ethyl adjacent to an activating group) is 1. The summed E-state index contributed by atoms with van der Waals surface area (Å²) >= 11 is 0. The summed E-state index contributed by atoms with van der Waals surface area (Å²) < 4.78 is 5.63. The second-order valence-electron chi connectivity index (χ2n) is 7.65. The standard InChI is InChI=1S/C20H28N2O3/c1-4-21-14-20(25-19(21)24)9-11-22(12-10-20)18(23)17-7-5-16(6-8-17)13-15(2)3/h5-8,15H,4,9-14H2,1-3H3. The molecule has 0 saturated carbocycles. The number of piperidine rings is 1. The number of nitrogens with zero attached hydrogens (tertiary/aromatic N) is 2. The minimum absolute atomic E-state index is 0.0719. The van der Waals surface area contributed by atoms with Gasteiger partial charge in [-0.15, -0.1) is 0 Å². The van der Waals surface area contributed by atoms with Crippen molar-refractivity contribution in [1.29, 1.82) is 0 Å². The van der Waals surface area contributed by atoms with Crippen LogP contribution in [-0.2, 0) is 11.2 Å². The maximum Gasteiger partial charge on any atom is 0.410 e. The van der Waals surface area contributed by atoms with Crippen LogP contribution in [0.2, 0.25) is 0 Å². The van der Waals surface area contributed by atoms with Crippen LogP contribution < -0.4 is 0 Å². The van der Waals surface area contributed by atoms with Gasteiger partial charge in [-0.25, -0.2) is 4.79 Å². The van der Waals surface area contributed by atoms with Crippen LogP contribution in [0.15, 0.2) is 24.3 Å². The first-order valence-electron chi connectivity index (χ1n) is 9.28. The molecule has 2 amide bonds. The van der Waals surface area contributed by atoms with Crippen LogP contribution in [-0.4, -0.2) is 53.6 Å². The fourth-order valence-electron chi connectivity index (χ4n) is 3.75. The number of rotatable bonds is 4. The van der Waals surface area contributed by atoms with Gasteiger partial charge in [0.25, 0.3) is 5.91 Å². The van der Waals surface area contributed by atoms with Gasteiger partial charge < -0.3 is 14.5 Å². The van der Waals surface area contributed by atoms with E-state index in [4.69, 9.17) is 4.74 Å².